The van der Waals surface area contributed by atoms with Crippen LogP contribution in [0.1, 0.15) is 43.7 Å². The molecular weight excluding hydrogens is 325 g/mol. The third-order valence-electron chi connectivity index (χ3n) is 5.94. The highest BCUT2D eigenvalue weighted by molar-refractivity contribution is 5.52. The van der Waals surface area contributed by atoms with Crippen LogP contribution >= 0.6 is 0 Å². The van der Waals surface area contributed by atoms with E-state index in [-0.39, 0.29) is 5.82 Å². The number of fused-ring (bicyclic) bond motifs is 2. The van der Waals surface area contributed by atoms with Gasteiger partial charge in [-0.1, -0.05) is 54.1 Å². The van der Waals surface area contributed by atoms with Crippen molar-refractivity contribution >= 4 is 6.08 Å². The zero-order valence-electron chi connectivity index (χ0n) is 15.2. The van der Waals surface area contributed by atoms with Crippen molar-refractivity contribution in [3.05, 3.63) is 77.1 Å². The zero-order chi connectivity index (χ0) is 18.1. The van der Waals surface area contributed by atoms with Gasteiger partial charge in [-0.05, 0) is 55.9 Å². The van der Waals surface area contributed by atoms with Gasteiger partial charge in [-0.15, -0.1) is 0 Å². The number of benzene rings is 2. The van der Waals surface area contributed by atoms with Gasteiger partial charge in [-0.3, -0.25) is 4.90 Å². The normalized spacial score (nSPS) is 29.1. The fourth-order valence-corrected chi connectivity index (χ4v) is 4.74. The molecule has 1 unspecified atom stereocenters. The van der Waals surface area contributed by atoms with Crippen molar-refractivity contribution in [2.24, 2.45) is 0 Å². The van der Waals surface area contributed by atoms with E-state index in [9.17, 15) is 9.50 Å². The Morgan fingerprint density at radius 3 is 2.31 bits per heavy atom. The monoisotopic (exact) mass is 351 g/mol. The van der Waals surface area contributed by atoms with Gasteiger partial charge in [-0.2, -0.15) is 0 Å². The quantitative estimate of drug-likeness (QED) is 0.860. The molecule has 2 aliphatic heterocycles. The van der Waals surface area contributed by atoms with E-state index in [4.69, 9.17) is 0 Å². The lowest BCUT2D eigenvalue weighted by atomic mass is 9.80. The van der Waals surface area contributed by atoms with E-state index in [1.807, 2.05) is 6.07 Å². The molecule has 3 atom stereocenters. The highest BCUT2D eigenvalue weighted by Gasteiger charge is 2.48. The van der Waals surface area contributed by atoms with Crippen LogP contribution in [0.25, 0.3) is 6.08 Å². The van der Waals surface area contributed by atoms with Crippen LogP contribution in [-0.2, 0) is 5.60 Å². The summed E-state index contributed by atoms with van der Waals surface area (Å²) in [5, 5.41) is 11.2. The number of halogens is 1. The molecule has 4 rings (SSSR count). The molecule has 26 heavy (non-hydrogen) atoms. The highest BCUT2D eigenvalue weighted by atomic mass is 19.1. The van der Waals surface area contributed by atoms with Crippen LogP contribution in [0.5, 0.6) is 0 Å². The second kappa shape index (κ2) is 6.98. The third-order valence-corrected chi connectivity index (χ3v) is 5.94. The summed E-state index contributed by atoms with van der Waals surface area (Å²) in [5.74, 6) is -0.251. The van der Waals surface area contributed by atoms with E-state index in [2.05, 4.69) is 42.2 Å². The molecule has 0 aromatic heterocycles. The van der Waals surface area contributed by atoms with Crippen molar-refractivity contribution in [1.29, 1.82) is 0 Å². The van der Waals surface area contributed by atoms with Crippen LogP contribution in [0, 0.1) is 5.82 Å². The predicted molar refractivity (Wildman–Crippen MR) is 103 cm³/mol. The van der Waals surface area contributed by atoms with Crippen molar-refractivity contribution in [2.75, 3.05) is 6.54 Å². The summed E-state index contributed by atoms with van der Waals surface area (Å²) >= 11 is 0. The Morgan fingerprint density at radius 2 is 1.69 bits per heavy atom. The average Bonchev–Trinajstić information content (AvgIpc) is 2.87. The zero-order valence-corrected chi connectivity index (χ0v) is 15.2. The maximum atomic E-state index is 13.2. The second-order valence-electron chi connectivity index (χ2n) is 7.91. The van der Waals surface area contributed by atoms with Gasteiger partial charge in [0.25, 0.3) is 0 Å². The summed E-state index contributed by atoms with van der Waals surface area (Å²) in [6.45, 7) is 3.14. The minimum absolute atomic E-state index is 0.251. The van der Waals surface area contributed by atoms with Gasteiger partial charge in [-0.25, -0.2) is 4.39 Å². The molecule has 2 heterocycles. The molecule has 3 heteroatoms. The number of nitrogens with zero attached hydrogens (tertiary/aromatic N) is 1. The van der Waals surface area contributed by atoms with E-state index in [0.717, 1.165) is 37.8 Å². The first kappa shape index (κ1) is 17.4. The maximum absolute atomic E-state index is 13.2. The summed E-state index contributed by atoms with van der Waals surface area (Å²) in [6.07, 6.45) is 5.97. The van der Waals surface area contributed by atoms with E-state index in [1.54, 1.807) is 12.1 Å². The molecule has 2 aromatic carbocycles. The molecule has 2 fully saturated rings. The Balaban J connectivity index is 1.49. The van der Waals surface area contributed by atoms with Crippen molar-refractivity contribution in [2.45, 2.75) is 50.3 Å². The fourth-order valence-electron chi connectivity index (χ4n) is 4.74. The molecule has 2 saturated heterocycles. The van der Waals surface area contributed by atoms with E-state index >= 15 is 0 Å². The number of hydrogen-bond acceptors (Lipinski definition) is 2. The lowest BCUT2D eigenvalue weighted by Gasteiger charge is -2.44. The molecule has 0 radical (unpaired) electrons. The fraction of sp³-hybridized carbons (Fsp3) is 0.391. The van der Waals surface area contributed by atoms with Crippen molar-refractivity contribution in [1.82, 2.24) is 4.90 Å². The largest absolute Gasteiger partial charge is 0.385 e. The molecule has 136 valence electrons. The van der Waals surface area contributed by atoms with Gasteiger partial charge in [0.1, 0.15) is 5.82 Å². The van der Waals surface area contributed by atoms with Gasteiger partial charge in [0.2, 0.25) is 0 Å². The molecule has 0 amide bonds. The lowest BCUT2D eigenvalue weighted by Crippen LogP contribution is -2.50. The molecule has 1 N–H and O–H groups in total. The summed E-state index contributed by atoms with van der Waals surface area (Å²) in [5.41, 5.74) is 2.61. The van der Waals surface area contributed by atoms with Crippen molar-refractivity contribution in [3.8, 4) is 0 Å². The Labute approximate surface area is 155 Å². The maximum Gasteiger partial charge on any atom is 0.123 e. The third kappa shape index (κ3) is 3.46. The lowest BCUT2D eigenvalue weighted by molar-refractivity contribution is -0.0542. The SMILES string of the molecule is C/C(=C\c1ccccc1)CN1[C@@H]2CC[C@H]1CC(O)(c1ccc(F)cc1)C2. The van der Waals surface area contributed by atoms with Crippen LogP contribution in [0.2, 0.25) is 0 Å². The molecule has 2 aliphatic rings. The van der Waals surface area contributed by atoms with E-state index in [1.165, 1.54) is 23.3 Å². The second-order valence-corrected chi connectivity index (χ2v) is 7.91. The first-order chi connectivity index (χ1) is 12.5. The van der Waals surface area contributed by atoms with Crippen LogP contribution < -0.4 is 0 Å². The summed E-state index contributed by atoms with van der Waals surface area (Å²) in [6, 6.07) is 17.6. The Hall–Kier alpha value is -1.97. The average molecular weight is 351 g/mol. The number of hydrogen-bond donors (Lipinski definition) is 1. The van der Waals surface area contributed by atoms with Gasteiger partial charge in [0.05, 0.1) is 5.60 Å². The Morgan fingerprint density at radius 1 is 1.08 bits per heavy atom. The van der Waals surface area contributed by atoms with Gasteiger partial charge in [0, 0.05) is 18.6 Å². The highest BCUT2D eigenvalue weighted by Crippen LogP contribution is 2.45. The molecule has 0 spiro atoms. The minimum Gasteiger partial charge on any atom is -0.385 e. The molecule has 2 nitrogen and oxygen atoms in total. The van der Waals surface area contributed by atoms with E-state index in [0.29, 0.717) is 12.1 Å². The van der Waals surface area contributed by atoms with Gasteiger partial charge in [0.15, 0.2) is 0 Å². The Bertz CT molecular complexity index is 770. The minimum atomic E-state index is -0.826. The first-order valence-corrected chi connectivity index (χ1v) is 9.50. The van der Waals surface area contributed by atoms with Crippen LogP contribution in [0.4, 0.5) is 4.39 Å². The van der Waals surface area contributed by atoms with Gasteiger partial charge < -0.3 is 5.11 Å². The molecule has 0 aliphatic carbocycles. The number of rotatable bonds is 4. The molecular formula is C23H26FNO. The molecule has 0 saturated carbocycles. The van der Waals surface area contributed by atoms with Gasteiger partial charge >= 0.3 is 0 Å². The topological polar surface area (TPSA) is 23.5 Å². The summed E-state index contributed by atoms with van der Waals surface area (Å²) in [4.78, 5) is 2.56. The Kier molecular flexibility index (Phi) is 4.68. The first-order valence-electron chi connectivity index (χ1n) is 9.50. The van der Waals surface area contributed by atoms with Crippen LogP contribution in [0.3, 0.4) is 0 Å². The number of piperidine rings is 1. The summed E-state index contributed by atoms with van der Waals surface area (Å²) < 4.78 is 13.2. The van der Waals surface area contributed by atoms with Crippen molar-refractivity contribution < 1.29 is 9.50 Å². The summed E-state index contributed by atoms with van der Waals surface area (Å²) in [7, 11) is 0. The number of aliphatic hydroxyl groups is 1. The predicted octanol–water partition coefficient (Wildman–Crippen LogP) is 4.74. The van der Waals surface area contributed by atoms with Crippen LogP contribution in [-0.4, -0.2) is 28.6 Å². The van der Waals surface area contributed by atoms with E-state index < -0.39 is 5.60 Å². The molecule has 2 aromatic rings. The smallest absolute Gasteiger partial charge is 0.123 e. The van der Waals surface area contributed by atoms with Crippen molar-refractivity contribution in [3.63, 3.8) is 0 Å². The molecule has 2 bridgehead atoms. The standard InChI is InChI=1S/C23H26FNO/c1-17(13-18-5-3-2-4-6-18)16-25-21-11-12-22(25)15-23(26,14-21)19-7-9-20(24)10-8-19/h2-10,13,21-22,26H,11-12,14-16H2,1H3/b17-13+/t21-,22+,23?. The van der Waals surface area contributed by atoms with Crippen LogP contribution in [0.15, 0.2) is 60.2 Å².